The molecule has 0 aliphatic heterocycles. The standard InChI is InChI=1S/C11H17FN2O3S2/c1-11(15,7-18-2)6-14-19(16,17)8-3-4-9(12)10(13)5-8/h3-5,14-15H,6-7,13H2,1-2H3. The SMILES string of the molecule is CSCC(C)(O)CNS(=O)(=O)c1ccc(F)c(N)c1. The summed E-state index contributed by atoms with van der Waals surface area (Å²) >= 11 is 1.40. The number of benzene rings is 1. The van der Waals surface area contributed by atoms with Gasteiger partial charge >= 0.3 is 0 Å². The number of hydrogen-bond acceptors (Lipinski definition) is 5. The molecular weight excluding hydrogens is 291 g/mol. The van der Waals surface area contributed by atoms with Crippen LogP contribution in [-0.4, -0.2) is 37.7 Å². The van der Waals surface area contributed by atoms with Crippen LogP contribution >= 0.6 is 11.8 Å². The Morgan fingerprint density at radius 2 is 2.16 bits per heavy atom. The zero-order valence-electron chi connectivity index (χ0n) is 10.7. The van der Waals surface area contributed by atoms with Gasteiger partial charge in [0.25, 0.3) is 0 Å². The van der Waals surface area contributed by atoms with Crippen LogP contribution in [0.1, 0.15) is 6.92 Å². The van der Waals surface area contributed by atoms with Gasteiger partial charge in [0.15, 0.2) is 0 Å². The first-order valence-corrected chi connectivity index (χ1v) is 8.32. The Labute approximate surface area is 116 Å². The molecular formula is C11H17FN2O3S2. The van der Waals surface area contributed by atoms with E-state index in [0.717, 1.165) is 18.2 Å². The average Bonchev–Trinajstić information content (AvgIpc) is 2.30. The molecule has 1 aromatic carbocycles. The first kappa shape index (κ1) is 16.2. The molecule has 0 bridgehead atoms. The van der Waals surface area contributed by atoms with Gasteiger partial charge in [-0.15, -0.1) is 0 Å². The third-order valence-corrected chi connectivity index (χ3v) is 4.69. The van der Waals surface area contributed by atoms with Crippen LogP contribution < -0.4 is 10.5 Å². The number of hydrogen-bond donors (Lipinski definition) is 3. The summed E-state index contributed by atoms with van der Waals surface area (Å²) < 4.78 is 39.1. The molecule has 1 atom stereocenters. The Kier molecular flexibility index (Phi) is 5.19. The van der Waals surface area contributed by atoms with Crippen molar-refractivity contribution in [3.05, 3.63) is 24.0 Å². The average molecular weight is 308 g/mol. The molecule has 108 valence electrons. The minimum absolute atomic E-state index is 0.131. The number of nitrogen functional groups attached to an aromatic ring is 1. The maximum Gasteiger partial charge on any atom is 0.240 e. The van der Waals surface area contributed by atoms with E-state index < -0.39 is 21.4 Å². The first-order chi connectivity index (χ1) is 8.68. The number of anilines is 1. The van der Waals surface area contributed by atoms with Gasteiger partial charge in [0.05, 0.1) is 16.2 Å². The molecule has 0 radical (unpaired) electrons. The minimum Gasteiger partial charge on any atom is -0.396 e. The van der Waals surface area contributed by atoms with E-state index in [1.807, 2.05) is 6.26 Å². The minimum atomic E-state index is -3.82. The molecule has 1 unspecified atom stereocenters. The van der Waals surface area contributed by atoms with Crippen molar-refractivity contribution in [1.29, 1.82) is 0 Å². The van der Waals surface area contributed by atoms with Crippen molar-refractivity contribution in [2.24, 2.45) is 0 Å². The van der Waals surface area contributed by atoms with Gasteiger partial charge in [0, 0.05) is 12.3 Å². The zero-order chi connectivity index (χ0) is 14.7. The molecule has 1 aromatic rings. The van der Waals surface area contributed by atoms with Crippen LogP contribution in [0, 0.1) is 5.82 Å². The zero-order valence-corrected chi connectivity index (χ0v) is 12.3. The molecule has 0 saturated carbocycles. The van der Waals surface area contributed by atoms with Gasteiger partial charge in [-0.25, -0.2) is 17.5 Å². The number of nitrogens with two attached hydrogens (primary N) is 1. The van der Waals surface area contributed by atoms with Crippen molar-refractivity contribution in [1.82, 2.24) is 4.72 Å². The van der Waals surface area contributed by atoms with Gasteiger partial charge in [-0.1, -0.05) is 0 Å². The molecule has 5 nitrogen and oxygen atoms in total. The summed E-state index contributed by atoms with van der Waals surface area (Å²) in [6.07, 6.45) is 1.81. The Morgan fingerprint density at radius 1 is 1.53 bits per heavy atom. The van der Waals surface area contributed by atoms with E-state index in [1.165, 1.54) is 18.7 Å². The molecule has 4 N–H and O–H groups in total. The van der Waals surface area contributed by atoms with Crippen LogP contribution in [0.2, 0.25) is 0 Å². The fourth-order valence-corrected chi connectivity index (χ4v) is 3.31. The van der Waals surface area contributed by atoms with E-state index in [4.69, 9.17) is 5.73 Å². The predicted molar refractivity (Wildman–Crippen MR) is 75.0 cm³/mol. The highest BCUT2D eigenvalue weighted by Gasteiger charge is 2.24. The summed E-state index contributed by atoms with van der Waals surface area (Å²) in [5.41, 5.74) is 3.94. The maximum absolute atomic E-state index is 13.0. The number of halogens is 1. The molecule has 0 aromatic heterocycles. The molecule has 1 rings (SSSR count). The van der Waals surface area contributed by atoms with Gasteiger partial charge in [-0.2, -0.15) is 11.8 Å². The second-order valence-electron chi connectivity index (χ2n) is 4.44. The summed E-state index contributed by atoms with van der Waals surface area (Å²) in [6, 6.07) is 3.15. The predicted octanol–water partition coefficient (Wildman–Crippen LogP) is 0.800. The Bertz CT molecular complexity index is 547. The van der Waals surface area contributed by atoms with Crippen LogP contribution in [0.4, 0.5) is 10.1 Å². The largest absolute Gasteiger partial charge is 0.396 e. The van der Waals surface area contributed by atoms with Gasteiger partial charge in [0.1, 0.15) is 5.82 Å². The lowest BCUT2D eigenvalue weighted by atomic mass is 10.1. The van der Waals surface area contributed by atoms with Crippen LogP contribution in [0.5, 0.6) is 0 Å². The molecule has 0 heterocycles. The summed E-state index contributed by atoms with van der Waals surface area (Å²) in [7, 11) is -3.82. The molecule has 0 saturated heterocycles. The van der Waals surface area contributed by atoms with Gasteiger partial charge < -0.3 is 10.8 Å². The van der Waals surface area contributed by atoms with E-state index in [-0.39, 0.29) is 17.1 Å². The van der Waals surface area contributed by atoms with Crippen LogP contribution in [-0.2, 0) is 10.0 Å². The summed E-state index contributed by atoms with van der Waals surface area (Å²) in [5.74, 6) is -0.283. The van der Waals surface area contributed by atoms with Crippen molar-refractivity contribution >= 4 is 27.5 Å². The third kappa shape index (κ3) is 4.64. The van der Waals surface area contributed by atoms with Gasteiger partial charge in [0.2, 0.25) is 10.0 Å². The lowest BCUT2D eigenvalue weighted by molar-refractivity contribution is 0.0908. The summed E-state index contributed by atoms with van der Waals surface area (Å²) in [6.45, 7) is 1.40. The second-order valence-corrected chi connectivity index (χ2v) is 7.07. The van der Waals surface area contributed by atoms with E-state index in [9.17, 15) is 17.9 Å². The number of sulfonamides is 1. The van der Waals surface area contributed by atoms with E-state index in [2.05, 4.69) is 4.72 Å². The van der Waals surface area contributed by atoms with Crippen molar-refractivity contribution in [3.8, 4) is 0 Å². The highest BCUT2D eigenvalue weighted by molar-refractivity contribution is 7.98. The monoisotopic (exact) mass is 308 g/mol. The van der Waals surface area contributed by atoms with Crippen molar-refractivity contribution in [2.45, 2.75) is 17.4 Å². The molecule has 19 heavy (non-hydrogen) atoms. The lowest BCUT2D eigenvalue weighted by Gasteiger charge is -2.22. The Balaban J connectivity index is 2.84. The summed E-state index contributed by atoms with van der Waals surface area (Å²) in [4.78, 5) is -0.133. The summed E-state index contributed by atoms with van der Waals surface area (Å²) in [5, 5.41) is 9.89. The number of aliphatic hydroxyl groups is 1. The Hall–Kier alpha value is -0.830. The molecule has 0 fully saturated rings. The Morgan fingerprint density at radius 3 is 2.68 bits per heavy atom. The number of rotatable bonds is 6. The van der Waals surface area contributed by atoms with Crippen LogP contribution in [0.3, 0.4) is 0 Å². The van der Waals surface area contributed by atoms with Crippen LogP contribution in [0.15, 0.2) is 23.1 Å². The van der Waals surface area contributed by atoms with E-state index >= 15 is 0 Å². The molecule has 8 heteroatoms. The molecule has 0 amide bonds. The highest BCUT2D eigenvalue weighted by atomic mass is 32.2. The third-order valence-electron chi connectivity index (χ3n) is 2.38. The van der Waals surface area contributed by atoms with Gasteiger partial charge in [-0.05, 0) is 31.4 Å². The number of nitrogens with one attached hydrogen (secondary N) is 1. The molecule has 0 aliphatic carbocycles. The van der Waals surface area contributed by atoms with Crippen molar-refractivity contribution < 1.29 is 17.9 Å². The topological polar surface area (TPSA) is 92.4 Å². The number of thioether (sulfide) groups is 1. The fourth-order valence-electron chi connectivity index (χ4n) is 1.38. The highest BCUT2D eigenvalue weighted by Crippen LogP contribution is 2.17. The lowest BCUT2D eigenvalue weighted by Crippen LogP contribution is -2.42. The van der Waals surface area contributed by atoms with E-state index in [0.29, 0.717) is 5.75 Å². The quantitative estimate of drug-likeness (QED) is 0.676. The normalized spacial score (nSPS) is 15.2. The van der Waals surface area contributed by atoms with Crippen molar-refractivity contribution in [2.75, 3.05) is 24.3 Å². The fraction of sp³-hybridized carbons (Fsp3) is 0.455. The first-order valence-electron chi connectivity index (χ1n) is 5.44. The van der Waals surface area contributed by atoms with E-state index in [1.54, 1.807) is 0 Å². The second kappa shape index (κ2) is 6.08. The van der Waals surface area contributed by atoms with Crippen molar-refractivity contribution in [3.63, 3.8) is 0 Å². The van der Waals surface area contributed by atoms with Gasteiger partial charge in [-0.3, -0.25) is 0 Å². The smallest absolute Gasteiger partial charge is 0.240 e. The maximum atomic E-state index is 13.0. The molecule has 0 spiro atoms. The molecule has 0 aliphatic rings. The van der Waals surface area contributed by atoms with Crippen LogP contribution in [0.25, 0.3) is 0 Å².